The van der Waals surface area contributed by atoms with E-state index in [1.807, 2.05) is 71.2 Å². The summed E-state index contributed by atoms with van der Waals surface area (Å²) in [5.74, 6) is 0. The summed E-state index contributed by atoms with van der Waals surface area (Å²) in [4.78, 5) is 0. The van der Waals surface area contributed by atoms with E-state index in [0.29, 0.717) is 0 Å². The van der Waals surface area contributed by atoms with Gasteiger partial charge >= 0.3 is 0 Å². The zero-order valence-corrected chi connectivity index (χ0v) is 69.2. The van der Waals surface area contributed by atoms with Crippen LogP contribution in [0, 0.1) is 41.5 Å². The first-order chi connectivity index (χ1) is 58.9. The second kappa shape index (κ2) is 33.3. The smallest absolute Gasteiger partial charge is 0.143 e. The van der Waals surface area contributed by atoms with Crippen molar-refractivity contribution in [2.75, 3.05) is 0 Å². The van der Waals surface area contributed by atoms with Gasteiger partial charge in [0.1, 0.15) is 44.7 Å². The molecule has 0 amide bonds. The maximum absolute atomic E-state index is 6.09. The summed E-state index contributed by atoms with van der Waals surface area (Å²) in [6, 6.07) is 141. The Labute approximate surface area is 705 Å². The molecule has 0 saturated carbocycles. The first-order valence-electron chi connectivity index (χ1n) is 40.8. The van der Waals surface area contributed by atoms with Crippen LogP contribution in [-0.2, 0) is 0 Å². The van der Waals surface area contributed by atoms with Gasteiger partial charge in [-0.25, -0.2) is 0 Å². The van der Waals surface area contributed by atoms with Gasteiger partial charge in [-0.2, -0.15) is 0 Å². The fraction of sp³-hybridized carbons (Fsp3) is 0.0526. The van der Waals surface area contributed by atoms with Gasteiger partial charge in [-0.15, -0.1) is 22.7 Å². The minimum absolute atomic E-state index is 0.946. The molecule has 0 bridgehead atoms. The molecular formula is C114H84O4S2. The van der Waals surface area contributed by atoms with E-state index in [1.165, 1.54) is 167 Å². The minimum Gasteiger partial charge on any atom is -0.456 e. The average Bonchev–Trinajstić information content (AvgIpc) is 1.66. The van der Waals surface area contributed by atoms with Crippen molar-refractivity contribution in [3.8, 4) is 66.8 Å². The van der Waals surface area contributed by atoms with E-state index in [1.54, 1.807) is 0 Å². The lowest BCUT2D eigenvalue weighted by molar-refractivity contribution is 0.669. The molecule has 0 aliphatic rings. The molecule has 120 heavy (non-hydrogen) atoms. The normalized spacial score (nSPS) is 11.2. The number of aryl methyl sites for hydroxylation is 6. The van der Waals surface area contributed by atoms with E-state index in [4.69, 9.17) is 17.7 Å². The zero-order valence-electron chi connectivity index (χ0n) is 67.6. The number of rotatable bonds is 6. The Balaban J connectivity index is 0.0000000952. The molecule has 6 aromatic heterocycles. The molecule has 0 atom stereocenters. The van der Waals surface area contributed by atoms with Crippen LogP contribution in [0.25, 0.3) is 195 Å². The van der Waals surface area contributed by atoms with Gasteiger partial charge in [-0.3, -0.25) is 0 Å². The number of hydrogen-bond acceptors (Lipinski definition) is 6. The third-order valence-electron chi connectivity index (χ3n) is 22.7. The van der Waals surface area contributed by atoms with Crippen LogP contribution in [0.4, 0.5) is 0 Å². The van der Waals surface area contributed by atoms with E-state index in [9.17, 15) is 0 Å². The van der Waals surface area contributed by atoms with Gasteiger partial charge < -0.3 is 17.7 Å². The van der Waals surface area contributed by atoms with E-state index >= 15 is 0 Å². The third-order valence-corrected chi connectivity index (χ3v) is 25.0. The molecule has 0 radical (unpaired) electrons. The molecule has 24 rings (SSSR count). The van der Waals surface area contributed by atoms with E-state index in [0.717, 1.165) is 61.4 Å². The Morgan fingerprint density at radius 3 is 0.967 bits per heavy atom. The van der Waals surface area contributed by atoms with Crippen molar-refractivity contribution in [2.24, 2.45) is 0 Å². The van der Waals surface area contributed by atoms with Crippen molar-refractivity contribution in [3.63, 3.8) is 0 Å². The molecule has 0 saturated heterocycles. The second-order valence-electron chi connectivity index (χ2n) is 30.9. The number of fused-ring (bicyclic) bond motifs is 18. The molecule has 0 N–H and O–H groups in total. The molecule has 6 heteroatoms. The summed E-state index contributed by atoms with van der Waals surface area (Å²) in [5.41, 5.74) is 30.1. The number of thiophene rings is 2. The fourth-order valence-corrected chi connectivity index (χ4v) is 18.7. The predicted molar refractivity (Wildman–Crippen MR) is 515 cm³/mol. The zero-order chi connectivity index (χ0) is 81.2. The average molecular weight is 1580 g/mol. The highest BCUT2D eigenvalue weighted by Crippen LogP contribution is 2.43. The number of para-hydroxylation sites is 7. The van der Waals surface area contributed by atoms with Gasteiger partial charge in [0.2, 0.25) is 0 Å². The Bertz CT molecular complexity index is 7840. The first-order valence-corrected chi connectivity index (χ1v) is 42.4. The van der Waals surface area contributed by atoms with Gasteiger partial charge in [-0.05, 0) is 176 Å². The molecule has 576 valence electrons. The highest BCUT2D eigenvalue weighted by molar-refractivity contribution is 7.26. The third kappa shape index (κ3) is 15.3. The molecule has 0 unspecified atom stereocenters. The van der Waals surface area contributed by atoms with Crippen LogP contribution >= 0.6 is 22.7 Å². The van der Waals surface area contributed by atoms with Crippen LogP contribution < -0.4 is 0 Å². The Morgan fingerprint density at radius 2 is 0.467 bits per heavy atom. The molecule has 4 nitrogen and oxygen atoms in total. The maximum atomic E-state index is 6.09. The lowest BCUT2D eigenvalue weighted by Crippen LogP contribution is -1.82. The molecule has 0 aliphatic carbocycles. The summed E-state index contributed by atoms with van der Waals surface area (Å²) in [5, 5.41) is 14.9. The van der Waals surface area contributed by atoms with Crippen molar-refractivity contribution < 1.29 is 17.7 Å². The van der Waals surface area contributed by atoms with E-state index in [2.05, 4.69) is 393 Å². The van der Waals surface area contributed by atoms with Gasteiger partial charge in [-0.1, -0.05) is 350 Å². The lowest BCUT2D eigenvalue weighted by Gasteiger charge is -2.06. The Hall–Kier alpha value is -14.4. The summed E-state index contributed by atoms with van der Waals surface area (Å²) >= 11 is 3.74. The first kappa shape index (κ1) is 75.6. The van der Waals surface area contributed by atoms with Crippen molar-refractivity contribution in [1.82, 2.24) is 0 Å². The molecule has 6 heterocycles. The van der Waals surface area contributed by atoms with Crippen molar-refractivity contribution in [1.29, 1.82) is 0 Å². The summed E-state index contributed by atoms with van der Waals surface area (Å²) in [6.45, 7) is 12.8. The van der Waals surface area contributed by atoms with Crippen molar-refractivity contribution >= 4 is 151 Å². The number of furan rings is 4. The Kier molecular flexibility index (Phi) is 21.0. The van der Waals surface area contributed by atoms with Crippen LogP contribution in [0.15, 0.2) is 418 Å². The van der Waals surface area contributed by atoms with Crippen LogP contribution in [0.1, 0.15) is 33.4 Å². The van der Waals surface area contributed by atoms with Crippen LogP contribution in [0.2, 0.25) is 0 Å². The number of benzene rings is 18. The summed E-state index contributed by atoms with van der Waals surface area (Å²) in [7, 11) is 0. The highest BCUT2D eigenvalue weighted by Gasteiger charge is 2.18. The fourth-order valence-electron chi connectivity index (χ4n) is 16.5. The molecule has 0 aliphatic heterocycles. The van der Waals surface area contributed by atoms with Crippen molar-refractivity contribution in [2.45, 2.75) is 41.5 Å². The molecule has 0 spiro atoms. The summed E-state index contributed by atoms with van der Waals surface area (Å²) in [6.07, 6.45) is 0. The molecule has 24 aromatic rings. The largest absolute Gasteiger partial charge is 0.456 e. The van der Waals surface area contributed by atoms with E-state index in [-0.39, 0.29) is 0 Å². The SMILES string of the molecule is Cc1ccc(-c2ccc3sc4ccccc4c3c2)cc1.Cc1ccc(-c2cccc3c2oc2ccccc23)cc1.Cc1cccc(-c2ccc3sc4ccccc4c3c2)c1.Cc1cccc(-c2cccc3c2oc2ccccc23)c1.Cc1ccccc1-c1ccc2oc3ccccc3c2c1.Cc1ccccc1-c1cccc2c1oc1ccccc12. The van der Waals surface area contributed by atoms with Gasteiger partial charge in [0.25, 0.3) is 0 Å². The highest BCUT2D eigenvalue weighted by atomic mass is 32.1. The van der Waals surface area contributed by atoms with Crippen LogP contribution in [0.3, 0.4) is 0 Å². The van der Waals surface area contributed by atoms with Gasteiger partial charge in [0.05, 0.1) is 0 Å². The second-order valence-corrected chi connectivity index (χ2v) is 33.0. The van der Waals surface area contributed by atoms with Crippen LogP contribution in [0.5, 0.6) is 0 Å². The topological polar surface area (TPSA) is 52.6 Å². The molecule has 18 aromatic carbocycles. The molecule has 0 fully saturated rings. The van der Waals surface area contributed by atoms with Gasteiger partial charge in [0.15, 0.2) is 0 Å². The van der Waals surface area contributed by atoms with Crippen molar-refractivity contribution in [3.05, 3.63) is 434 Å². The lowest BCUT2D eigenvalue weighted by atomic mass is 9.98. The Morgan fingerprint density at radius 1 is 0.158 bits per heavy atom. The number of hydrogen-bond donors (Lipinski definition) is 0. The van der Waals surface area contributed by atoms with Crippen LogP contribution in [-0.4, -0.2) is 0 Å². The van der Waals surface area contributed by atoms with Gasteiger partial charge in [0, 0.05) is 100 Å². The standard InChI is InChI=1S/4C19H14O.2C19H14S/c1-13-6-4-7-14(12-13)15-9-5-10-17-16-8-2-3-11-18(16)20-19(15)17;1-13-7-2-3-8-14(13)16-10-6-11-17-15-9-4-5-12-18(15)20-19(16)17;1-13-6-2-3-7-15(13)14-10-11-19-17(12-14)16-8-4-5-9-18(16)20-19;1-13-9-11-14(12-10-13)15-6-4-7-17-16-5-2-3-8-18(16)20-19(15)17;1-13-5-4-6-14(11-13)15-9-10-19-17(12-15)16-7-2-3-8-18(16)20-19;1-13-6-8-14(9-7-13)15-10-11-19-17(12-15)16-4-2-3-5-18(16)20-19/h6*2-12H,1H3. The molecular weight excluding hydrogens is 1500 g/mol. The predicted octanol–water partition coefficient (Wildman–Crippen LogP) is 34.3. The summed E-state index contributed by atoms with van der Waals surface area (Å²) < 4.78 is 29.6. The van der Waals surface area contributed by atoms with E-state index < -0.39 is 0 Å². The maximum Gasteiger partial charge on any atom is 0.143 e. The quantitative estimate of drug-likeness (QED) is 0.166. The minimum atomic E-state index is 0.946. The monoisotopic (exact) mass is 1580 g/mol.